The second-order valence-corrected chi connectivity index (χ2v) is 7.93. The molecule has 0 spiro atoms. The monoisotopic (exact) mass is 351 g/mol. The van der Waals surface area contributed by atoms with E-state index in [0.717, 1.165) is 43.7 Å². The molecule has 2 aliphatic rings. The fraction of sp³-hybridized carbons (Fsp3) is 0.478. The lowest BCUT2D eigenvalue weighted by molar-refractivity contribution is 0.279. The van der Waals surface area contributed by atoms with Crippen LogP contribution < -0.4 is 9.47 Å². The van der Waals surface area contributed by atoms with Gasteiger partial charge in [0.25, 0.3) is 0 Å². The van der Waals surface area contributed by atoms with Gasteiger partial charge in [0.2, 0.25) is 0 Å². The summed E-state index contributed by atoms with van der Waals surface area (Å²) in [5.74, 6) is 3.69. The molecule has 0 radical (unpaired) electrons. The number of hydrogen-bond donors (Lipinski definition) is 0. The number of rotatable bonds is 7. The number of methoxy groups -OCH3 is 1. The van der Waals surface area contributed by atoms with Crippen molar-refractivity contribution < 1.29 is 9.47 Å². The zero-order chi connectivity index (χ0) is 17.9. The van der Waals surface area contributed by atoms with E-state index in [2.05, 4.69) is 60.4 Å². The molecule has 1 aliphatic heterocycles. The Hall–Kier alpha value is -2.00. The van der Waals surface area contributed by atoms with Crippen LogP contribution in [0.2, 0.25) is 0 Å². The quantitative estimate of drug-likeness (QED) is 0.720. The van der Waals surface area contributed by atoms with Crippen molar-refractivity contribution in [3.05, 3.63) is 59.7 Å². The minimum Gasteiger partial charge on any atom is -0.493 e. The molecule has 1 saturated carbocycles. The Labute approximate surface area is 156 Å². The second-order valence-electron chi connectivity index (χ2n) is 7.93. The van der Waals surface area contributed by atoms with Gasteiger partial charge in [-0.1, -0.05) is 43.3 Å². The molecule has 1 aliphatic carbocycles. The first-order chi connectivity index (χ1) is 12.7. The molecule has 4 rings (SSSR count). The van der Waals surface area contributed by atoms with Gasteiger partial charge in [0, 0.05) is 25.6 Å². The predicted molar refractivity (Wildman–Crippen MR) is 105 cm³/mol. The Morgan fingerprint density at radius 1 is 1.00 bits per heavy atom. The van der Waals surface area contributed by atoms with Gasteiger partial charge in [0.1, 0.15) is 0 Å². The largest absolute Gasteiger partial charge is 0.493 e. The van der Waals surface area contributed by atoms with Gasteiger partial charge >= 0.3 is 0 Å². The van der Waals surface area contributed by atoms with Gasteiger partial charge in [-0.15, -0.1) is 0 Å². The Kier molecular flexibility index (Phi) is 5.16. The van der Waals surface area contributed by atoms with Crippen LogP contribution >= 0.6 is 0 Å². The highest BCUT2D eigenvalue weighted by atomic mass is 16.5. The molecule has 0 aromatic heterocycles. The number of hydrogen-bond acceptors (Lipinski definition) is 3. The van der Waals surface area contributed by atoms with Crippen molar-refractivity contribution in [2.24, 2.45) is 11.8 Å². The van der Waals surface area contributed by atoms with Gasteiger partial charge in [-0.3, -0.25) is 4.90 Å². The van der Waals surface area contributed by atoms with Crippen LogP contribution in [-0.4, -0.2) is 31.7 Å². The molecule has 1 heterocycles. The zero-order valence-electron chi connectivity index (χ0n) is 15.9. The minimum atomic E-state index is 0.549. The first-order valence-corrected chi connectivity index (χ1v) is 9.80. The van der Waals surface area contributed by atoms with Crippen molar-refractivity contribution in [3.8, 4) is 11.5 Å². The molecular formula is C23H29NO2. The summed E-state index contributed by atoms with van der Waals surface area (Å²) in [5, 5.41) is 0. The summed E-state index contributed by atoms with van der Waals surface area (Å²) in [5.41, 5.74) is 2.77. The predicted octanol–water partition coefficient (Wildman–Crippen LogP) is 4.72. The van der Waals surface area contributed by atoms with E-state index in [1.165, 1.54) is 24.0 Å². The van der Waals surface area contributed by atoms with Crippen LogP contribution in [-0.2, 0) is 6.54 Å². The third kappa shape index (κ3) is 4.04. The van der Waals surface area contributed by atoms with E-state index in [4.69, 9.17) is 9.47 Å². The molecular weight excluding hydrogens is 322 g/mol. The first kappa shape index (κ1) is 17.4. The average molecular weight is 351 g/mol. The Bertz CT molecular complexity index is 726. The van der Waals surface area contributed by atoms with Crippen LogP contribution in [0.3, 0.4) is 0 Å². The summed E-state index contributed by atoms with van der Waals surface area (Å²) in [7, 11) is 1.72. The molecule has 0 N–H and O–H groups in total. The maximum absolute atomic E-state index is 6.07. The molecule has 0 amide bonds. The maximum atomic E-state index is 6.07. The average Bonchev–Trinajstić information content (AvgIpc) is 3.42. The van der Waals surface area contributed by atoms with Gasteiger partial charge in [-0.25, -0.2) is 0 Å². The minimum absolute atomic E-state index is 0.549. The van der Waals surface area contributed by atoms with E-state index in [0.29, 0.717) is 11.8 Å². The highest BCUT2D eigenvalue weighted by Gasteiger charge is 2.31. The van der Waals surface area contributed by atoms with Crippen molar-refractivity contribution in [3.63, 3.8) is 0 Å². The molecule has 0 bridgehead atoms. The smallest absolute Gasteiger partial charge is 0.161 e. The number of benzene rings is 2. The third-order valence-electron chi connectivity index (χ3n) is 5.72. The van der Waals surface area contributed by atoms with E-state index < -0.39 is 0 Å². The third-order valence-corrected chi connectivity index (χ3v) is 5.72. The van der Waals surface area contributed by atoms with Crippen molar-refractivity contribution in [1.29, 1.82) is 0 Å². The van der Waals surface area contributed by atoms with Gasteiger partial charge in [0.05, 0.1) is 13.7 Å². The van der Waals surface area contributed by atoms with Crippen LogP contribution in [0.25, 0.3) is 0 Å². The van der Waals surface area contributed by atoms with Crippen molar-refractivity contribution in [2.45, 2.75) is 32.2 Å². The maximum Gasteiger partial charge on any atom is 0.161 e. The Morgan fingerprint density at radius 3 is 2.54 bits per heavy atom. The van der Waals surface area contributed by atoms with Gasteiger partial charge < -0.3 is 9.47 Å². The fourth-order valence-electron chi connectivity index (χ4n) is 4.00. The molecule has 3 nitrogen and oxygen atoms in total. The summed E-state index contributed by atoms with van der Waals surface area (Å²) < 4.78 is 11.6. The summed E-state index contributed by atoms with van der Waals surface area (Å²) in [6.45, 7) is 6.46. The molecule has 1 saturated heterocycles. The summed E-state index contributed by atoms with van der Waals surface area (Å²) >= 11 is 0. The lowest BCUT2D eigenvalue weighted by atomic mass is 9.90. The summed E-state index contributed by atoms with van der Waals surface area (Å²) in [4.78, 5) is 2.57. The zero-order valence-corrected chi connectivity index (χ0v) is 15.9. The van der Waals surface area contributed by atoms with Crippen LogP contribution in [0.15, 0.2) is 48.5 Å². The van der Waals surface area contributed by atoms with Gasteiger partial charge in [0.15, 0.2) is 11.5 Å². The standard InChI is InChI=1S/C23H29NO2/c1-17-13-24(14-18-6-4-3-5-7-18)15-21(17)20-10-11-22(25-2)23(12-20)26-16-19-8-9-19/h3-7,10-12,17,19,21H,8-9,13-16H2,1-2H3/t17-,21+/m1/s1. The summed E-state index contributed by atoms with van der Waals surface area (Å²) in [6.07, 6.45) is 2.60. The topological polar surface area (TPSA) is 21.7 Å². The SMILES string of the molecule is COc1ccc([C@H]2CN(Cc3ccccc3)C[C@H]2C)cc1OCC1CC1. The van der Waals surface area contributed by atoms with E-state index >= 15 is 0 Å². The Morgan fingerprint density at radius 2 is 1.81 bits per heavy atom. The lowest BCUT2D eigenvalue weighted by Crippen LogP contribution is -2.20. The number of ether oxygens (including phenoxy) is 2. The highest BCUT2D eigenvalue weighted by Crippen LogP contribution is 2.38. The fourth-order valence-corrected chi connectivity index (χ4v) is 4.00. The van der Waals surface area contributed by atoms with Crippen molar-refractivity contribution in [1.82, 2.24) is 4.90 Å². The van der Waals surface area contributed by atoms with Crippen LogP contribution in [0, 0.1) is 11.8 Å². The normalized spacial score (nSPS) is 23.2. The molecule has 2 aromatic rings. The van der Waals surface area contributed by atoms with Crippen molar-refractivity contribution >= 4 is 0 Å². The molecule has 26 heavy (non-hydrogen) atoms. The Balaban J connectivity index is 1.46. The van der Waals surface area contributed by atoms with Crippen molar-refractivity contribution in [2.75, 3.05) is 26.8 Å². The van der Waals surface area contributed by atoms with E-state index in [9.17, 15) is 0 Å². The molecule has 2 fully saturated rings. The summed E-state index contributed by atoms with van der Waals surface area (Å²) in [6, 6.07) is 17.3. The van der Waals surface area contributed by atoms with Crippen LogP contribution in [0.5, 0.6) is 11.5 Å². The number of nitrogens with zero attached hydrogens (tertiary/aromatic N) is 1. The molecule has 138 valence electrons. The van der Waals surface area contributed by atoms with Crippen LogP contribution in [0.1, 0.15) is 36.8 Å². The van der Waals surface area contributed by atoms with E-state index in [1.807, 2.05) is 0 Å². The molecule has 2 aromatic carbocycles. The van der Waals surface area contributed by atoms with E-state index in [-0.39, 0.29) is 0 Å². The lowest BCUT2D eigenvalue weighted by Gasteiger charge is -2.18. The van der Waals surface area contributed by atoms with Gasteiger partial charge in [-0.2, -0.15) is 0 Å². The highest BCUT2D eigenvalue weighted by molar-refractivity contribution is 5.44. The van der Waals surface area contributed by atoms with Gasteiger partial charge in [-0.05, 0) is 47.9 Å². The number of likely N-dealkylation sites (tertiary alicyclic amines) is 1. The molecule has 0 unspecified atom stereocenters. The van der Waals surface area contributed by atoms with Crippen LogP contribution in [0.4, 0.5) is 0 Å². The molecule has 2 atom stereocenters. The van der Waals surface area contributed by atoms with E-state index in [1.54, 1.807) is 7.11 Å². The second kappa shape index (κ2) is 7.71. The first-order valence-electron chi connectivity index (χ1n) is 9.80. The molecule has 3 heteroatoms.